The maximum absolute atomic E-state index is 5.86. The maximum Gasteiger partial charge on any atom is 0.242 e. The molecule has 2 heteroatoms. The lowest BCUT2D eigenvalue weighted by atomic mass is 10.2. The average molecular weight is 218 g/mol. The van der Waals surface area contributed by atoms with Gasteiger partial charge in [0.2, 0.25) is 8.32 Å². The molecule has 0 aliphatic heterocycles. The molecule has 0 aromatic heterocycles. The van der Waals surface area contributed by atoms with Gasteiger partial charge in [0, 0.05) is 0 Å². The number of rotatable bonds is 3. The third kappa shape index (κ3) is 4.68. The highest BCUT2D eigenvalue weighted by molar-refractivity contribution is 6.70. The van der Waals surface area contributed by atoms with Gasteiger partial charge in [-0.1, -0.05) is 12.1 Å². The van der Waals surface area contributed by atoms with Crippen LogP contribution in [-0.4, -0.2) is 8.32 Å². The molecule has 0 N–H and O–H groups in total. The monoisotopic (exact) mass is 218 g/mol. The van der Waals surface area contributed by atoms with Gasteiger partial charge in [0.25, 0.3) is 0 Å². The Morgan fingerprint density at radius 3 is 2.20 bits per heavy atom. The van der Waals surface area contributed by atoms with Crippen LogP contribution in [0.15, 0.2) is 36.1 Å². The molecule has 0 spiro atoms. The zero-order valence-electron chi connectivity index (χ0n) is 9.87. The van der Waals surface area contributed by atoms with E-state index in [1.54, 1.807) is 0 Å². The fraction of sp³-hybridized carbons (Fsp3) is 0.308. The van der Waals surface area contributed by atoms with Gasteiger partial charge in [0.05, 0.1) is 0 Å². The van der Waals surface area contributed by atoms with Gasteiger partial charge in [0.15, 0.2) is 0 Å². The van der Waals surface area contributed by atoms with Crippen molar-refractivity contribution >= 4 is 14.4 Å². The molecule has 0 unspecified atom stereocenters. The molecule has 0 atom stereocenters. The lowest BCUT2D eigenvalue weighted by Gasteiger charge is -2.18. The van der Waals surface area contributed by atoms with Gasteiger partial charge in [-0.3, -0.25) is 0 Å². The molecule has 0 saturated heterocycles. The summed E-state index contributed by atoms with van der Waals surface area (Å²) in [6, 6.07) is 8.13. The molecule has 0 amide bonds. The fourth-order valence-electron chi connectivity index (χ4n) is 1.17. The van der Waals surface area contributed by atoms with E-state index in [4.69, 9.17) is 4.43 Å². The van der Waals surface area contributed by atoms with Crippen LogP contribution >= 0.6 is 0 Å². The first-order valence-corrected chi connectivity index (χ1v) is 8.58. The third-order valence-electron chi connectivity index (χ3n) is 1.72. The van der Waals surface area contributed by atoms with Gasteiger partial charge >= 0.3 is 0 Å². The Morgan fingerprint density at radius 2 is 1.73 bits per heavy atom. The van der Waals surface area contributed by atoms with Gasteiger partial charge in [-0.25, -0.2) is 0 Å². The molecule has 0 bridgehead atoms. The Kier molecular flexibility index (Phi) is 3.95. The van der Waals surface area contributed by atoms with Crippen molar-refractivity contribution in [2.24, 2.45) is 0 Å². The van der Waals surface area contributed by atoms with Crippen molar-refractivity contribution in [1.82, 2.24) is 0 Å². The second-order valence-electron chi connectivity index (χ2n) is 4.38. The topological polar surface area (TPSA) is 9.23 Å². The molecule has 0 fully saturated rings. The molecule has 0 aliphatic rings. The van der Waals surface area contributed by atoms with E-state index in [0.29, 0.717) is 0 Å². The van der Waals surface area contributed by atoms with Crippen LogP contribution in [0.2, 0.25) is 19.6 Å². The van der Waals surface area contributed by atoms with E-state index in [9.17, 15) is 0 Å². The van der Waals surface area contributed by atoms with E-state index in [1.807, 2.05) is 43.3 Å². The van der Waals surface area contributed by atoms with Crippen molar-refractivity contribution < 1.29 is 4.43 Å². The van der Waals surface area contributed by atoms with Crippen LogP contribution in [0.5, 0.6) is 5.75 Å². The summed E-state index contributed by atoms with van der Waals surface area (Å²) in [4.78, 5) is 0. The standard InChI is InChI=1S/C13H18OSi/c1-5-6-7-12-8-10-13(11-9-12)14-15(2,3)4/h5,7-11H,1-4H3. The van der Waals surface area contributed by atoms with E-state index in [-0.39, 0.29) is 0 Å². The summed E-state index contributed by atoms with van der Waals surface area (Å²) in [6.45, 7) is 8.50. The maximum atomic E-state index is 5.86. The predicted molar refractivity (Wildman–Crippen MR) is 68.6 cm³/mol. The Bertz CT molecular complexity index is 365. The second kappa shape index (κ2) is 5.01. The van der Waals surface area contributed by atoms with Crippen LogP contribution in [0.3, 0.4) is 0 Å². The number of hydrogen-bond donors (Lipinski definition) is 0. The minimum Gasteiger partial charge on any atom is -0.544 e. The van der Waals surface area contributed by atoms with Crippen molar-refractivity contribution in [1.29, 1.82) is 0 Å². The lowest BCUT2D eigenvalue weighted by Crippen LogP contribution is -2.29. The van der Waals surface area contributed by atoms with Crippen molar-refractivity contribution in [3.05, 3.63) is 41.6 Å². The first-order chi connectivity index (χ1) is 7.01. The predicted octanol–water partition coefficient (Wildman–Crippen LogP) is 4.09. The normalized spacial score (nSPS) is 10.4. The highest BCUT2D eigenvalue weighted by atomic mass is 28.4. The van der Waals surface area contributed by atoms with Crippen LogP contribution in [0.1, 0.15) is 12.5 Å². The molecule has 1 nitrogen and oxygen atoms in total. The Morgan fingerprint density at radius 1 is 1.13 bits per heavy atom. The zero-order valence-corrected chi connectivity index (χ0v) is 10.9. The van der Waals surface area contributed by atoms with Crippen molar-refractivity contribution in [2.75, 3.05) is 0 Å². The average Bonchev–Trinajstić information content (AvgIpc) is 2.14. The first kappa shape index (κ1) is 11.8. The summed E-state index contributed by atoms with van der Waals surface area (Å²) in [6.07, 6.45) is 3.85. The van der Waals surface area contributed by atoms with E-state index in [1.165, 1.54) is 0 Å². The van der Waals surface area contributed by atoms with Gasteiger partial charge in [-0.15, -0.1) is 5.73 Å². The number of hydrogen-bond acceptors (Lipinski definition) is 1. The van der Waals surface area contributed by atoms with Crippen LogP contribution in [0, 0.1) is 0 Å². The largest absolute Gasteiger partial charge is 0.544 e. The lowest BCUT2D eigenvalue weighted by molar-refractivity contribution is 0.557. The van der Waals surface area contributed by atoms with E-state index >= 15 is 0 Å². The third-order valence-corrected chi connectivity index (χ3v) is 2.57. The van der Waals surface area contributed by atoms with Gasteiger partial charge in [-0.2, -0.15) is 0 Å². The first-order valence-electron chi connectivity index (χ1n) is 5.17. The van der Waals surface area contributed by atoms with Crippen LogP contribution < -0.4 is 4.43 Å². The molecule has 0 heterocycles. The molecular formula is C13H18OSi. The second-order valence-corrected chi connectivity index (χ2v) is 8.81. The van der Waals surface area contributed by atoms with Crippen LogP contribution in [0.25, 0.3) is 6.08 Å². The van der Waals surface area contributed by atoms with E-state index < -0.39 is 8.32 Å². The SMILES string of the molecule is CC=C=Cc1ccc(O[Si](C)(C)C)cc1. The molecule has 0 saturated carbocycles. The highest BCUT2D eigenvalue weighted by Gasteiger charge is 2.15. The van der Waals surface area contributed by atoms with Gasteiger partial charge < -0.3 is 4.43 Å². The Balaban J connectivity index is 2.77. The highest BCUT2D eigenvalue weighted by Crippen LogP contribution is 2.17. The molecule has 1 aromatic carbocycles. The Hall–Kier alpha value is -1.24. The fourth-order valence-corrected chi connectivity index (χ4v) is 2.01. The van der Waals surface area contributed by atoms with Crippen molar-refractivity contribution in [3.63, 3.8) is 0 Å². The molecular weight excluding hydrogens is 200 g/mol. The van der Waals surface area contributed by atoms with Gasteiger partial charge in [-0.05, 0) is 56.4 Å². The molecule has 0 aliphatic carbocycles. The summed E-state index contributed by atoms with van der Waals surface area (Å²) < 4.78 is 5.86. The summed E-state index contributed by atoms with van der Waals surface area (Å²) in [5.74, 6) is 0.965. The molecule has 15 heavy (non-hydrogen) atoms. The molecule has 1 rings (SSSR count). The Labute approximate surface area is 93.2 Å². The van der Waals surface area contributed by atoms with E-state index in [0.717, 1.165) is 11.3 Å². The summed E-state index contributed by atoms with van der Waals surface area (Å²) in [7, 11) is -1.47. The molecule has 80 valence electrons. The molecule has 0 radical (unpaired) electrons. The van der Waals surface area contributed by atoms with E-state index in [2.05, 4.69) is 25.4 Å². The van der Waals surface area contributed by atoms with Crippen molar-refractivity contribution in [3.8, 4) is 5.75 Å². The summed E-state index contributed by atoms with van der Waals surface area (Å²) in [5.41, 5.74) is 4.20. The van der Waals surface area contributed by atoms with Crippen molar-refractivity contribution in [2.45, 2.75) is 26.6 Å². The zero-order chi connectivity index (χ0) is 11.3. The summed E-state index contributed by atoms with van der Waals surface area (Å²) in [5, 5.41) is 0. The van der Waals surface area contributed by atoms with Crippen LogP contribution in [-0.2, 0) is 0 Å². The van der Waals surface area contributed by atoms with Gasteiger partial charge in [0.1, 0.15) is 5.75 Å². The smallest absolute Gasteiger partial charge is 0.242 e. The quantitative estimate of drug-likeness (QED) is 0.548. The minimum absolute atomic E-state index is 0.965. The van der Waals surface area contributed by atoms with Crippen LogP contribution in [0.4, 0.5) is 0 Å². The number of allylic oxidation sites excluding steroid dienone is 1. The molecule has 1 aromatic rings. The summed E-state index contributed by atoms with van der Waals surface area (Å²) >= 11 is 0. The number of benzene rings is 1. The minimum atomic E-state index is -1.47.